The van der Waals surface area contributed by atoms with Crippen molar-refractivity contribution >= 4 is 5.91 Å². The first-order valence-corrected chi connectivity index (χ1v) is 9.85. The second-order valence-electron chi connectivity index (χ2n) is 8.61. The van der Waals surface area contributed by atoms with Gasteiger partial charge in [-0.15, -0.1) is 0 Å². The second-order valence-corrected chi connectivity index (χ2v) is 8.61. The minimum Gasteiger partial charge on any atom is -0.334 e. The fourth-order valence-corrected chi connectivity index (χ4v) is 4.94. The van der Waals surface area contributed by atoms with E-state index in [0.29, 0.717) is 11.9 Å². The second kappa shape index (κ2) is 5.59. The zero-order valence-electron chi connectivity index (χ0n) is 14.5. The quantitative estimate of drug-likeness (QED) is 0.774. The molecule has 2 aliphatic carbocycles. The van der Waals surface area contributed by atoms with Gasteiger partial charge >= 0.3 is 0 Å². The molecule has 4 aliphatic rings. The third kappa shape index (κ3) is 2.48. The predicted octanol–water partition coefficient (Wildman–Crippen LogP) is 3.47. The fraction of sp³-hybridized carbons (Fsp3) is 0.667. The maximum absolute atomic E-state index is 13.1. The van der Waals surface area contributed by atoms with E-state index in [1.165, 1.54) is 37.8 Å². The number of benzene rings is 1. The number of rotatable bonds is 5. The van der Waals surface area contributed by atoms with E-state index in [4.69, 9.17) is 0 Å². The van der Waals surface area contributed by atoms with E-state index in [1.54, 1.807) is 0 Å². The first kappa shape index (κ1) is 14.9. The summed E-state index contributed by atoms with van der Waals surface area (Å²) in [6, 6.07) is 11.1. The molecule has 1 atom stereocenters. The Bertz CT molecular complexity index is 612. The van der Waals surface area contributed by atoms with Gasteiger partial charge in [-0.3, -0.25) is 4.79 Å². The van der Waals surface area contributed by atoms with Crippen molar-refractivity contribution in [2.45, 2.75) is 44.6 Å². The molecule has 2 saturated heterocycles. The molecule has 0 bridgehead atoms. The third-order valence-corrected chi connectivity index (χ3v) is 6.75. The van der Waals surface area contributed by atoms with Crippen molar-refractivity contribution in [3.8, 4) is 0 Å². The van der Waals surface area contributed by atoms with Crippen LogP contribution >= 0.6 is 0 Å². The van der Waals surface area contributed by atoms with E-state index >= 15 is 0 Å². The molecule has 0 N–H and O–H groups in total. The van der Waals surface area contributed by atoms with Crippen LogP contribution in [0.25, 0.3) is 0 Å². The summed E-state index contributed by atoms with van der Waals surface area (Å²) in [6.07, 6.45) is 7.57. The number of nitrogens with zero attached hydrogens (tertiary/aromatic N) is 2. The first-order valence-electron chi connectivity index (χ1n) is 9.85. The smallest absolute Gasteiger partial charge is 0.231 e. The van der Waals surface area contributed by atoms with Crippen molar-refractivity contribution in [2.75, 3.05) is 26.2 Å². The molecule has 1 aromatic rings. The average molecular weight is 324 g/mol. The maximum Gasteiger partial charge on any atom is 0.231 e. The Balaban J connectivity index is 1.36. The zero-order chi connectivity index (χ0) is 16.1. The van der Waals surface area contributed by atoms with Gasteiger partial charge in [0, 0.05) is 13.1 Å². The van der Waals surface area contributed by atoms with Crippen LogP contribution in [0.1, 0.15) is 50.1 Å². The van der Waals surface area contributed by atoms with Crippen molar-refractivity contribution in [3.05, 3.63) is 35.9 Å². The van der Waals surface area contributed by atoms with Crippen molar-refractivity contribution in [3.63, 3.8) is 0 Å². The lowest BCUT2D eigenvalue weighted by molar-refractivity contribution is -0.181. The van der Waals surface area contributed by atoms with Gasteiger partial charge in [0.15, 0.2) is 0 Å². The molecule has 0 unspecified atom stereocenters. The standard InChI is InChI=1S/C21H28N2O/c24-20-21(10-12-22(13-11-21)14-16-6-7-16)19(18-4-2-1-3-5-18)23(20)15-17-8-9-17/h1-5,16-17,19H,6-15H2/t19-/m1/s1. The fourth-order valence-electron chi connectivity index (χ4n) is 4.94. The van der Waals surface area contributed by atoms with Crippen LogP contribution in [-0.2, 0) is 4.79 Å². The molecule has 2 saturated carbocycles. The van der Waals surface area contributed by atoms with E-state index in [-0.39, 0.29) is 5.41 Å². The van der Waals surface area contributed by atoms with Crippen molar-refractivity contribution in [1.29, 1.82) is 0 Å². The summed E-state index contributed by atoms with van der Waals surface area (Å²) >= 11 is 0. The molecule has 4 fully saturated rings. The van der Waals surface area contributed by atoms with Crippen molar-refractivity contribution in [2.24, 2.45) is 17.3 Å². The number of carbonyl (C=O) groups is 1. The van der Waals surface area contributed by atoms with Crippen molar-refractivity contribution < 1.29 is 4.79 Å². The zero-order valence-corrected chi connectivity index (χ0v) is 14.5. The van der Waals surface area contributed by atoms with Gasteiger partial charge in [0.05, 0.1) is 11.5 Å². The number of carbonyl (C=O) groups excluding carboxylic acids is 1. The van der Waals surface area contributed by atoms with Gasteiger partial charge in [-0.1, -0.05) is 30.3 Å². The molecule has 5 rings (SSSR count). The highest BCUT2D eigenvalue weighted by atomic mass is 16.2. The Morgan fingerprint density at radius 1 is 0.917 bits per heavy atom. The minimum atomic E-state index is -0.101. The number of likely N-dealkylation sites (tertiary alicyclic amines) is 2. The molecule has 3 nitrogen and oxygen atoms in total. The maximum atomic E-state index is 13.1. The van der Waals surface area contributed by atoms with Crippen LogP contribution in [0.15, 0.2) is 30.3 Å². The molecule has 1 spiro atoms. The molecular weight excluding hydrogens is 296 g/mol. The van der Waals surface area contributed by atoms with Gasteiger partial charge in [-0.05, 0) is 69.0 Å². The van der Waals surface area contributed by atoms with Gasteiger partial charge in [0.1, 0.15) is 0 Å². The topological polar surface area (TPSA) is 23.6 Å². The summed E-state index contributed by atoms with van der Waals surface area (Å²) in [6.45, 7) is 4.49. The third-order valence-electron chi connectivity index (χ3n) is 6.75. The lowest BCUT2D eigenvalue weighted by Gasteiger charge is -2.59. The highest BCUT2D eigenvalue weighted by Gasteiger charge is 2.61. The molecule has 1 aromatic carbocycles. The summed E-state index contributed by atoms with van der Waals surface area (Å²) in [7, 11) is 0. The molecule has 2 aliphatic heterocycles. The Morgan fingerprint density at radius 3 is 2.17 bits per heavy atom. The van der Waals surface area contributed by atoms with E-state index in [2.05, 4.69) is 40.1 Å². The van der Waals surface area contributed by atoms with E-state index < -0.39 is 0 Å². The number of piperidine rings is 1. The summed E-state index contributed by atoms with van der Waals surface area (Å²) in [4.78, 5) is 18.0. The number of hydrogen-bond acceptors (Lipinski definition) is 2. The number of β-lactam (4-membered cyclic amide) rings is 1. The van der Waals surface area contributed by atoms with E-state index in [9.17, 15) is 4.79 Å². The molecular formula is C21H28N2O. The van der Waals surface area contributed by atoms with Crippen LogP contribution in [0.5, 0.6) is 0 Å². The van der Waals surface area contributed by atoms with Gasteiger partial charge in [0.25, 0.3) is 0 Å². The molecule has 0 aromatic heterocycles. The van der Waals surface area contributed by atoms with Crippen LogP contribution < -0.4 is 0 Å². The normalized spacial score (nSPS) is 29.8. The molecule has 24 heavy (non-hydrogen) atoms. The first-order chi connectivity index (χ1) is 11.8. The van der Waals surface area contributed by atoms with Gasteiger partial charge < -0.3 is 9.80 Å². The van der Waals surface area contributed by atoms with Crippen LogP contribution in [0, 0.1) is 17.3 Å². The van der Waals surface area contributed by atoms with E-state index in [0.717, 1.165) is 44.3 Å². The van der Waals surface area contributed by atoms with Gasteiger partial charge in [-0.2, -0.15) is 0 Å². The highest BCUT2D eigenvalue weighted by Crippen LogP contribution is 2.57. The summed E-state index contributed by atoms with van der Waals surface area (Å²) in [5, 5.41) is 0. The molecule has 0 radical (unpaired) electrons. The summed E-state index contributed by atoms with van der Waals surface area (Å²) in [5.74, 6) is 2.18. The van der Waals surface area contributed by atoms with Crippen LogP contribution in [0.2, 0.25) is 0 Å². The summed E-state index contributed by atoms with van der Waals surface area (Å²) in [5.41, 5.74) is 1.25. The molecule has 1 amide bonds. The van der Waals surface area contributed by atoms with Gasteiger partial charge in [0.2, 0.25) is 5.91 Å². The Hall–Kier alpha value is -1.35. The lowest BCUT2D eigenvalue weighted by Crippen LogP contribution is -2.66. The Morgan fingerprint density at radius 2 is 1.54 bits per heavy atom. The Labute approximate surface area is 145 Å². The van der Waals surface area contributed by atoms with Crippen LogP contribution in [0.3, 0.4) is 0 Å². The number of hydrogen-bond donors (Lipinski definition) is 0. The minimum absolute atomic E-state index is 0.101. The monoisotopic (exact) mass is 324 g/mol. The van der Waals surface area contributed by atoms with E-state index in [1.807, 2.05) is 0 Å². The van der Waals surface area contributed by atoms with Crippen LogP contribution in [-0.4, -0.2) is 41.9 Å². The largest absolute Gasteiger partial charge is 0.334 e. The molecule has 128 valence electrons. The lowest BCUT2D eigenvalue weighted by atomic mass is 9.62. The number of amides is 1. The van der Waals surface area contributed by atoms with Crippen molar-refractivity contribution in [1.82, 2.24) is 9.80 Å². The molecule has 2 heterocycles. The highest BCUT2D eigenvalue weighted by molar-refractivity contribution is 5.91. The predicted molar refractivity (Wildman–Crippen MR) is 94.5 cm³/mol. The average Bonchev–Trinajstić information content (AvgIpc) is 3.52. The SMILES string of the molecule is O=C1N(CC2CC2)[C@H](c2ccccc2)C12CCN(CC1CC1)CC2. The summed E-state index contributed by atoms with van der Waals surface area (Å²) < 4.78 is 0. The Kier molecular flexibility index (Phi) is 3.48. The van der Waals surface area contributed by atoms with Gasteiger partial charge in [-0.25, -0.2) is 0 Å². The molecule has 3 heteroatoms. The van der Waals surface area contributed by atoms with Crippen LogP contribution in [0.4, 0.5) is 0 Å².